The van der Waals surface area contributed by atoms with Gasteiger partial charge in [-0.1, -0.05) is 18.2 Å². The van der Waals surface area contributed by atoms with E-state index in [1.165, 1.54) is 30.3 Å². The molecule has 5 nitrogen and oxygen atoms in total. The minimum atomic E-state index is -1.10. The van der Waals surface area contributed by atoms with E-state index in [0.29, 0.717) is 5.56 Å². The zero-order valence-electron chi connectivity index (χ0n) is 17.0. The van der Waals surface area contributed by atoms with Gasteiger partial charge in [-0.25, -0.2) is 13.2 Å². The van der Waals surface area contributed by atoms with Gasteiger partial charge in [0.1, 0.15) is 11.9 Å². The molecule has 1 heterocycles. The second kappa shape index (κ2) is 8.37. The van der Waals surface area contributed by atoms with Crippen LogP contribution in [0.3, 0.4) is 0 Å². The lowest BCUT2D eigenvalue weighted by atomic mass is 9.98. The van der Waals surface area contributed by atoms with Crippen LogP contribution < -0.4 is 15.2 Å². The van der Waals surface area contributed by atoms with Gasteiger partial charge in [-0.2, -0.15) is 0 Å². The summed E-state index contributed by atoms with van der Waals surface area (Å²) in [6.45, 7) is 1.72. The molecule has 1 aliphatic heterocycles. The van der Waals surface area contributed by atoms with E-state index >= 15 is 0 Å². The first-order valence-corrected chi connectivity index (χ1v) is 9.76. The molecule has 0 fully saturated rings. The maximum absolute atomic E-state index is 15.0. The highest BCUT2D eigenvalue weighted by molar-refractivity contribution is 6.00. The average molecular weight is 441 g/mol. The summed E-state index contributed by atoms with van der Waals surface area (Å²) in [5.41, 5.74) is 6.57. The highest BCUT2D eigenvalue weighted by Crippen LogP contribution is 2.40. The van der Waals surface area contributed by atoms with E-state index in [1.54, 1.807) is 6.92 Å². The van der Waals surface area contributed by atoms with Crippen LogP contribution in [0.4, 0.5) is 13.2 Å². The number of Topliss-reactive ketones (excluding diaryl/α,β-unsaturated/α-hetero) is 1. The summed E-state index contributed by atoms with van der Waals surface area (Å²) in [5.74, 6) is -3.76. The van der Waals surface area contributed by atoms with Crippen molar-refractivity contribution in [2.45, 2.75) is 19.4 Å². The lowest BCUT2D eigenvalue weighted by Gasteiger charge is -2.25. The molecule has 1 aliphatic rings. The number of carbonyl (C=O) groups is 2. The average Bonchev–Trinajstić information content (AvgIpc) is 2.77. The third-order valence-corrected chi connectivity index (χ3v) is 5.27. The molecule has 4 rings (SSSR count). The number of hydrogen-bond acceptors (Lipinski definition) is 4. The van der Waals surface area contributed by atoms with Crippen LogP contribution in [0.1, 0.15) is 49.9 Å². The molecule has 3 aromatic rings. The minimum absolute atomic E-state index is 0.133. The standard InChI is InChI=1S/C24H18F3NO4/c1-12-21-16(20(29)8-9-31-21)11-19(27)22(12)32-23(15-6-7-17(25)18(26)10-15)13-2-4-14(5-3-13)24(28)30/h2-7,10-11,23H,8-9H2,1H3,(H2,28,30)/t23-/m0/s1. The summed E-state index contributed by atoms with van der Waals surface area (Å²) in [6, 6.07) is 10.2. The number of carbonyl (C=O) groups excluding carboxylic acids is 2. The van der Waals surface area contributed by atoms with E-state index in [1.807, 2.05) is 0 Å². The Morgan fingerprint density at radius 2 is 1.69 bits per heavy atom. The second-order valence-electron chi connectivity index (χ2n) is 7.37. The molecular weight excluding hydrogens is 423 g/mol. The Morgan fingerprint density at radius 3 is 2.34 bits per heavy atom. The molecule has 8 heteroatoms. The third-order valence-electron chi connectivity index (χ3n) is 5.27. The summed E-state index contributed by atoms with van der Waals surface area (Å²) in [5, 5.41) is 0. The van der Waals surface area contributed by atoms with E-state index in [0.717, 1.165) is 18.2 Å². The number of primary amides is 1. The van der Waals surface area contributed by atoms with Crippen molar-refractivity contribution in [2.75, 3.05) is 6.61 Å². The number of fused-ring (bicyclic) bond motifs is 1. The predicted octanol–water partition coefficient (Wildman–Crippen LogP) is 4.64. The normalized spacial score (nSPS) is 13.8. The number of hydrogen-bond donors (Lipinski definition) is 1. The van der Waals surface area contributed by atoms with Crippen LogP contribution in [0.15, 0.2) is 48.5 Å². The summed E-state index contributed by atoms with van der Waals surface area (Å²) < 4.78 is 54.0. The number of rotatable bonds is 5. The monoisotopic (exact) mass is 441 g/mol. The van der Waals surface area contributed by atoms with Crippen LogP contribution in [-0.2, 0) is 0 Å². The first-order valence-electron chi connectivity index (χ1n) is 9.76. The van der Waals surface area contributed by atoms with Crippen LogP contribution in [-0.4, -0.2) is 18.3 Å². The summed E-state index contributed by atoms with van der Waals surface area (Å²) in [6.07, 6.45) is -0.909. The van der Waals surface area contributed by atoms with Crippen molar-refractivity contribution < 1.29 is 32.2 Å². The lowest BCUT2D eigenvalue weighted by molar-refractivity contribution is 0.0930. The van der Waals surface area contributed by atoms with Crippen molar-refractivity contribution in [1.82, 2.24) is 0 Å². The van der Waals surface area contributed by atoms with Gasteiger partial charge in [-0.15, -0.1) is 0 Å². The van der Waals surface area contributed by atoms with E-state index < -0.39 is 29.5 Å². The Labute approximate surface area is 181 Å². The maximum atomic E-state index is 15.0. The number of ketones is 1. The fourth-order valence-electron chi connectivity index (χ4n) is 3.60. The van der Waals surface area contributed by atoms with Crippen LogP contribution in [0.2, 0.25) is 0 Å². The van der Waals surface area contributed by atoms with Crippen LogP contribution >= 0.6 is 0 Å². The van der Waals surface area contributed by atoms with E-state index in [2.05, 4.69) is 0 Å². The number of ether oxygens (including phenoxy) is 2. The first kappa shape index (κ1) is 21.4. The Bertz CT molecular complexity index is 1220. The van der Waals surface area contributed by atoms with Gasteiger partial charge in [0.25, 0.3) is 0 Å². The molecule has 3 aromatic carbocycles. The quantitative estimate of drug-likeness (QED) is 0.626. The minimum Gasteiger partial charge on any atom is -0.492 e. The van der Waals surface area contributed by atoms with E-state index in [4.69, 9.17) is 15.2 Å². The Kier molecular flexibility index (Phi) is 5.61. The van der Waals surface area contributed by atoms with Crippen molar-refractivity contribution in [2.24, 2.45) is 5.73 Å². The van der Waals surface area contributed by atoms with E-state index in [-0.39, 0.29) is 52.6 Å². The molecular formula is C24H18F3NO4. The van der Waals surface area contributed by atoms with Gasteiger partial charge in [0.2, 0.25) is 5.91 Å². The molecule has 1 amide bonds. The van der Waals surface area contributed by atoms with E-state index in [9.17, 15) is 22.8 Å². The molecule has 0 aromatic heterocycles. The molecule has 1 atom stereocenters. The van der Waals surface area contributed by atoms with Gasteiger partial charge in [-0.3, -0.25) is 9.59 Å². The lowest BCUT2D eigenvalue weighted by Crippen LogP contribution is -2.18. The molecule has 0 spiro atoms. The molecule has 2 N–H and O–H groups in total. The molecule has 0 unspecified atom stereocenters. The molecule has 0 bridgehead atoms. The van der Waals surface area contributed by atoms with Gasteiger partial charge in [-0.05, 0) is 48.4 Å². The third kappa shape index (κ3) is 3.91. The smallest absolute Gasteiger partial charge is 0.248 e. The molecule has 32 heavy (non-hydrogen) atoms. The number of amides is 1. The maximum Gasteiger partial charge on any atom is 0.248 e. The molecule has 0 saturated carbocycles. The van der Waals surface area contributed by atoms with Gasteiger partial charge >= 0.3 is 0 Å². The number of nitrogens with two attached hydrogens (primary N) is 1. The van der Waals surface area contributed by atoms with Crippen molar-refractivity contribution in [3.8, 4) is 11.5 Å². The van der Waals surface area contributed by atoms with Gasteiger partial charge < -0.3 is 15.2 Å². The van der Waals surface area contributed by atoms with Crippen molar-refractivity contribution in [3.05, 3.63) is 93.8 Å². The molecule has 164 valence electrons. The first-order chi connectivity index (χ1) is 15.3. The van der Waals surface area contributed by atoms with Gasteiger partial charge in [0, 0.05) is 17.5 Å². The topological polar surface area (TPSA) is 78.6 Å². The molecule has 0 radical (unpaired) electrons. The number of halogens is 3. The zero-order valence-corrected chi connectivity index (χ0v) is 17.0. The highest BCUT2D eigenvalue weighted by Gasteiger charge is 2.28. The Balaban J connectivity index is 1.81. The van der Waals surface area contributed by atoms with Crippen LogP contribution in [0.5, 0.6) is 11.5 Å². The summed E-state index contributed by atoms with van der Waals surface area (Å²) in [7, 11) is 0. The van der Waals surface area contributed by atoms with Crippen molar-refractivity contribution in [1.29, 1.82) is 0 Å². The number of benzene rings is 3. The summed E-state index contributed by atoms with van der Waals surface area (Å²) in [4.78, 5) is 23.5. The Hall–Kier alpha value is -3.81. The second-order valence-corrected chi connectivity index (χ2v) is 7.37. The summed E-state index contributed by atoms with van der Waals surface area (Å²) >= 11 is 0. The fourth-order valence-corrected chi connectivity index (χ4v) is 3.60. The zero-order chi connectivity index (χ0) is 23.0. The van der Waals surface area contributed by atoms with Gasteiger partial charge in [0.05, 0.1) is 12.2 Å². The SMILES string of the molecule is Cc1c(O[C@@H](c2ccc(C(N)=O)cc2)c2ccc(F)c(F)c2)c(F)cc2c1OCCC2=O. The highest BCUT2D eigenvalue weighted by atomic mass is 19.2. The molecule has 0 saturated heterocycles. The Morgan fingerprint density at radius 1 is 1.00 bits per heavy atom. The predicted molar refractivity (Wildman–Crippen MR) is 109 cm³/mol. The van der Waals surface area contributed by atoms with Crippen LogP contribution in [0, 0.1) is 24.4 Å². The molecule has 0 aliphatic carbocycles. The van der Waals surface area contributed by atoms with Gasteiger partial charge in [0.15, 0.2) is 29.0 Å². The van der Waals surface area contributed by atoms with Crippen LogP contribution in [0.25, 0.3) is 0 Å². The van der Waals surface area contributed by atoms with Crippen molar-refractivity contribution in [3.63, 3.8) is 0 Å². The fraction of sp³-hybridized carbons (Fsp3) is 0.167. The van der Waals surface area contributed by atoms with Crippen molar-refractivity contribution >= 4 is 11.7 Å². The largest absolute Gasteiger partial charge is 0.492 e.